The number of amides is 4. The van der Waals surface area contributed by atoms with Gasteiger partial charge in [-0.25, -0.2) is 4.79 Å². The van der Waals surface area contributed by atoms with Crippen LogP contribution in [0.3, 0.4) is 0 Å². The molecular formula is C21H27I3N4O12. The van der Waals surface area contributed by atoms with E-state index in [2.05, 4.69) is 5.32 Å². The van der Waals surface area contributed by atoms with Gasteiger partial charge in [-0.1, -0.05) is 0 Å². The molecule has 4 amide bonds. The minimum Gasteiger partial charge on any atom is -0.478 e. The maximum absolute atomic E-state index is 13.6. The largest absolute Gasteiger partial charge is 0.478 e. The van der Waals surface area contributed by atoms with Crippen molar-refractivity contribution >= 4 is 104 Å². The van der Waals surface area contributed by atoms with Crippen LogP contribution in [-0.2, 0) is 4.79 Å². The number of aliphatic hydroxyl groups is 6. The van der Waals surface area contributed by atoms with Crippen LogP contribution in [-0.4, -0.2) is 112 Å². The van der Waals surface area contributed by atoms with Crippen molar-refractivity contribution in [3.63, 3.8) is 0 Å². The molecule has 40 heavy (non-hydrogen) atoms. The van der Waals surface area contributed by atoms with Crippen molar-refractivity contribution in [2.75, 3.05) is 5.32 Å². The highest BCUT2D eigenvalue weighted by Gasteiger charge is 2.39. The molecule has 6 atom stereocenters. The predicted octanol–water partition coefficient (Wildman–Crippen LogP) is -0.183. The SMILES string of the molecule is CC(=O)Nc1c(C(=O)N(I)C(O)C(C)O)cc(C(=O)N(I)C(O)C(C)O)c(C(=O)O)c1C(=O)N(I)C(O)C(C)O. The highest BCUT2D eigenvalue weighted by molar-refractivity contribution is 14.1. The molecule has 19 heteroatoms. The number of carbonyl (C=O) groups excluding carboxylic acids is 4. The Balaban J connectivity index is 4.31. The first kappa shape index (κ1) is 36.5. The quantitative estimate of drug-likeness (QED) is 0.0819. The molecule has 0 aliphatic carbocycles. The van der Waals surface area contributed by atoms with E-state index in [1.54, 1.807) is 0 Å². The van der Waals surface area contributed by atoms with Gasteiger partial charge in [-0.2, -0.15) is 0 Å². The number of carboxylic acid groups (broad SMARTS) is 1. The van der Waals surface area contributed by atoms with E-state index in [9.17, 15) is 59.7 Å². The van der Waals surface area contributed by atoms with Gasteiger partial charge in [-0.15, -0.1) is 0 Å². The number of carbonyl (C=O) groups is 5. The number of carboxylic acids is 1. The molecule has 0 aliphatic heterocycles. The highest BCUT2D eigenvalue weighted by Crippen LogP contribution is 2.35. The predicted molar refractivity (Wildman–Crippen MR) is 161 cm³/mol. The summed E-state index contributed by atoms with van der Waals surface area (Å²) in [5.74, 6) is -6.67. The minimum absolute atomic E-state index is 0.469. The summed E-state index contributed by atoms with van der Waals surface area (Å²) in [5.41, 5.74) is -4.33. The maximum Gasteiger partial charge on any atom is 0.337 e. The van der Waals surface area contributed by atoms with Crippen molar-refractivity contribution in [3.8, 4) is 0 Å². The zero-order chi connectivity index (χ0) is 31.4. The molecule has 16 nitrogen and oxygen atoms in total. The van der Waals surface area contributed by atoms with Crippen molar-refractivity contribution in [2.24, 2.45) is 0 Å². The molecule has 1 rings (SSSR count). The topological polar surface area (TPSA) is 249 Å². The van der Waals surface area contributed by atoms with Crippen LogP contribution in [0, 0.1) is 0 Å². The van der Waals surface area contributed by atoms with E-state index < -0.39 is 94.5 Å². The number of hydrogen-bond acceptors (Lipinski definition) is 11. The molecule has 8 N–H and O–H groups in total. The molecule has 0 bridgehead atoms. The van der Waals surface area contributed by atoms with Crippen molar-refractivity contribution in [1.82, 2.24) is 9.34 Å². The van der Waals surface area contributed by atoms with Crippen LogP contribution in [0.4, 0.5) is 5.69 Å². The van der Waals surface area contributed by atoms with Crippen molar-refractivity contribution in [1.29, 1.82) is 0 Å². The second kappa shape index (κ2) is 15.1. The van der Waals surface area contributed by atoms with Crippen LogP contribution in [0.1, 0.15) is 69.1 Å². The van der Waals surface area contributed by atoms with E-state index in [0.717, 1.165) is 27.7 Å². The number of anilines is 1. The van der Waals surface area contributed by atoms with Crippen molar-refractivity contribution in [2.45, 2.75) is 64.7 Å². The van der Waals surface area contributed by atoms with Crippen LogP contribution >= 0.6 is 68.6 Å². The number of aromatic carboxylic acids is 1. The maximum atomic E-state index is 13.6. The van der Waals surface area contributed by atoms with Gasteiger partial charge in [0.25, 0.3) is 17.7 Å². The van der Waals surface area contributed by atoms with Gasteiger partial charge in [-0.05, 0) is 26.8 Å². The van der Waals surface area contributed by atoms with E-state index in [-0.39, 0.29) is 0 Å². The van der Waals surface area contributed by atoms with Crippen LogP contribution in [0.15, 0.2) is 6.07 Å². The molecule has 224 valence electrons. The molecule has 0 aliphatic rings. The van der Waals surface area contributed by atoms with E-state index in [1.165, 1.54) is 68.6 Å². The van der Waals surface area contributed by atoms with E-state index in [1.807, 2.05) is 0 Å². The summed E-state index contributed by atoms with van der Waals surface area (Å²) in [5, 5.41) is 72.2. The Morgan fingerprint density at radius 3 is 1.35 bits per heavy atom. The van der Waals surface area contributed by atoms with E-state index >= 15 is 0 Å². The normalized spacial score (nSPS) is 15.6. The van der Waals surface area contributed by atoms with Gasteiger partial charge in [0.15, 0.2) is 18.7 Å². The molecule has 0 fully saturated rings. The summed E-state index contributed by atoms with van der Waals surface area (Å²) in [6, 6.07) is 0.694. The minimum atomic E-state index is -1.92. The molecule has 0 aromatic heterocycles. The average Bonchev–Trinajstić information content (AvgIpc) is 2.87. The summed E-state index contributed by atoms with van der Waals surface area (Å²) < 4.78 is 1.53. The number of hydrogen-bond donors (Lipinski definition) is 8. The number of nitrogens with one attached hydrogen (secondary N) is 1. The smallest absolute Gasteiger partial charge is 0.337 e. The van der Waals surface area contributed by atoms with Crippen LogP contribution in [0.5, 0.6) is 0 Å². The highest BCUT2D eigenvalue weighted by atomic mass is 127. The molecule has 6 unspecified atom stereocenters. The van der Waals surface area contributed by atoms with Gasteiger partial charge in [0.2, 0.25) is 5.91 Å². The number of halogens is 3. The molecule has 0 radical (unpaired) electrons. The monoisotopic (exact) mass is 908 g/mol. The third-order valence-corrected chi connectivity index (χ3v) is 8.12. The summed E-state index contributed by atoms with van der Waals surface area (Å²) in [6.45, 7) is 4.35. The molecule has 1 aromatic carbocycles. The Morgan fingerprint density at radius 2 is 1.02 bits per heavy atom. The fraction of sp³-hybridized carbons (Fsp3) is 0.476. The van der Waals surface area contributed by atoms with Crippen LogP contribution in [0.25, 0.3) is 0 Å². The first-order valence-electron chi connectivity index (χ1n) is 11.1. The van der Waals surface area contributed by atoms with Crippen molar-refractivity contribution < 1.29 is 59.7 Å². The van der Waals surface area contributed by atoms with Gasteiger partial charge >= 0.3 is 5.97 Å². The molecule has 0 heterocycles. The summed E-state index contributed by atoms with van der Waals surface area (Å²) >= 11 is 3.84. The Bertz CT molecular complexity index is 1170. The van der Waals surface area contributed by atoms with Gasteiger partial charge in [0.1, 0.15) is 0 Å². The summed E-state index contributed by atoms with van der Waals surface area (Å²) in [6.07, 6.45) is -10.2. The molecule has 0 saturated carbocycles. The zero-order valence-electron chi connectivity index (χ0n) is 21.2. The molecule has 0 saturated heterocycles. The van der Waals surface area contributed by atoms with Crippen LogP contribution in [0.2, 0.25) is 0 Å². The second-order valence-electron chi connectivity index (χ2n) is 8.39. The fourth-order valence-corrected chi connectivity index (χ4v) is 5.19. The number of nitrogens with zero attached hydrogens (tertiary/aromatic N) is 3. The lowest BCUT2D eigenvalue weighted by Crippen LogP contribution is -2.43. The average molecular weight is 908 g/mol. The molecule has 1 aromatic rings. The second-order valence-corrected chi connectivity index (χ2v) is 11.5. The Labute approximate surface area is 269 Å². The number of benzene rings is 1. The van der Waals surface area contributed by atoms with Gasteiger partial charge in [0.05, 0.1) is 115 Å². The van der Waals surface area contributed by atoms with Gasteiger partial charge in [0, 0.05) is 6.92 Å². The first-order valence-corrected chi connectivity index (χ1v) is 13.9. The molecule has 0 spiro atoms. The third kappa shape index (κ3) is 8.30. The Kier molecular flexibility index (Phi) is 13.8. The zero-order valence-corrected chi connectivity index (χ0v) is 27.7. The number of aliphatic hydroxyl groups excluding tert-OH is 6. The lowest BCUT2D eigenvalue weighted by atomic mass is 9.92. The number of rotatable bonds is 11. The fourth-order valence-electron chi connectivity index (χ4n) is 3.03. The first-order chi connectivity index (χ1) is 18.3. The standard InChI is InChI=1S/C21H27I3N4O12/c1-6(29)15(33)26(22)18(36)10-5-11(19(37)27(23)16(34)7(2)30)14(25-9(4)32)13(12(10)21(39)40)20(38)28(24)17(35)8(3)31/h5-8,15-17,29-31,33-35H,1-4H3,(H,25,32)(H,39,40). The van der Waals surface area contributed by atoms with E-state index in [0.29, 0.717) is 15.4 Å². The summed E-state index contributed by atoms with van der Waals surface area (Å²) in [7, 11) is 0. The lowest BCUT2D eigenvalue weighted by Gasteiger charge is -2.29. The van der Waals surface area contributed by atoms with Crippen LogP contribution < -0.4 is 5.32 Å². The summed E-state index contributed by atoms with van der Waals surface area (Å²) in [4.78, 5) is 65.1. The molecular weight excluding hydrogens is 881 g/mol. The van der Waals surface area contributed by atoms with Gasteiger partial charge in [-0.3, -0.25) is 28.5 Å². The van der Waals surface area contributed by atoms with Gasteiger partial charge < -0.3 is 41.1 Å². The third-order valence-electron chi connectivity index (χ3n) is 5.09. The lowest BCUT2D eigenvalue weighted by molar-refractivity contribution is -0.114. The van der Waals surface area contributed by atoms with E-state index in [4.69, 9.17) is 0 Å². The van der Waals surface area contributed by atoms with Crippen molar-refractivity contribution in [3.05, 3.63) is 28.3 Å². The Hall–Kier alpha value is -1.48. The Morgan fingerprint density at radius 1 is 0.675 bits per heavy atom.